The van der Waals surface area contributed by atoms with Gasteiger partial charge in [-0.15, -0.1) is 0 Å². The van der Waals surface area contributed by atoms with Crippen molar-refractivity contribution in [2.45, 2.75) is 65.7 Å². The first-order valence-electron chi connectivity index (χ1n) is 14.0. The van der Waals surface area contributed by atoms with Crippen molar-refractivity contribution < 1.29 is 0 Å². The largest absolute Gasteiger partial charge is 0.384 e. The minimum absolute atomic E-state index is 0.420. The van der Waals surface area contributed by atoms with Gasteiger partial charge in [0, 0.05) is 33.2 Å². The van der Waals surface area contributed by atoms with Gasteiger partial charge in [-0.25, -0.2) is 0 Å². The second-order valence-electron chi connectivity index (χ2n) is 12.9. The van der Waals surface area contributed by atoms with E-state index < -0.39 is 0 Å². The van der Waals surface area contributed by atoms with Crippen LogP contribution < -0.4 is 5.73 Å². The molecule has 1 aliphatic heterocycles. The third-order valence-electron chi connectivity index (χ3n) is 9.70. The number of fused-ring (bicyclic) bond motifs is 3. The summed E-state index contributed by atoms with van der Waals surface area (Å²) in [6.07, 6.45) is 15.3. The van der Waals surface area contributed by atoms with Crippen LogP contribution in [0.2, 0.25) is 0 Å². The molecular weight excluding hydrogens is 432 g/mol. The molecule has 6 nitrogen and oxygen atoms in total. The van der Waals surface area contributed by atoms with Crippen LogP contribution in [0.1, 0.15) is 70.1 Å². The molecule has 0 amide bonds. The van der Waals surface area contributed by atoms with E-state index in [1.807, 2.05) is 14.0 Å². The molecular formula is C29H46N6. The second kappa shape index (κ2) is 9.84. The van der Waals surface area contributed by atoms with Gasteiger partial charge < -0.3 is 10.6 Å². The van der Waals surface area contributed by atoms with Gasteiger partial charge >= 0.3 is 0 Å². The van der Waals surface area contributed by atoms with Crippen LogP contribution in [0.3, 0.4) is 0 Å². The quantitative estimate of drug-likeness (QED) is 0.435. The molecule has 4 aliphatic rings. The van der Waals surface area contributed by atoms with Crippen LogP contribution in [0, 0.1) is 53.3 Å². The third-order valence-corrected chi connectivity index (χ3v) is 9.70. The number of aryl methyl sites for hydroxylation is 2. The van der Waals surface area contributed by atoms with E-state index in [-0.39, 0.29) is 0 Å². The Morgan fingerprint density at radius 1 is 1.17 bits per heavy atom. The van der Waals surface area contributed by atoms with E-state index in [9.17, 15) is 0 Å². The molecule has 3 saturated carbocycles. The maximum Gasteiger partial charge on any atom is 0.118 e. The Bertz CT molecular complexity index is 950. The number of amidine groups is 1. The molecule has 2 heterocycles. The molecule has 1 aromatic rings. The average molecular weight is 479 g/mol. The summed E-state index contributed by atoms with van der Waals surface area (Å²) in [5, 5.41) is 12.6. The highest BCUT2D eigenvalue weighted by Gasteiger charge is 2.48. The van der Waals surface area contributed by atoms with Crippen molar-refractivity contribution in [3.05, 3.63) is 29.6 Å². The number of hydrogen-bond donors (Lipinski definition) is 2. The number of allylic oxidation sites excluding steroid dienone is 1. The Hall–Kier alpha value is -1.95. The molecule has 5 rings (SSSR count). The predicted octanol–water partition coefficient (Wildman–Crippen LogP) is 4.82. The van der Waals surface area contributed by atoms with Crippen LogP contribution in [0.15, 0.2) is 23.3 Å². The minimum atomic E-state index is 0.420. The lowest BCUT2D eigenvalue weighted by atomic mass is 9.56. The number of likely N-dealkylation sites (tertiary alicyclic amines) is 1. The Morgan fingerprint density at radius 3 is 2.60 bits per heavy atom. The van der Waals surface area contributed by atoms with Gasteiger partial charge in [-0.3, -0.25) is 15.1 Å². The van der Waals surface area contributed by atoms with Crippen LogP contribution in [0.5, 0.6) is 0 Å². The van der Waals surface area contributed by atoms with E-state index in [1.54, 1.807) is 23.0 Å². The minimum Gasteiger partial charge on any atom is -0.384 e. The maximum atomic E-state index is 8.35. The van der Waals surface area contributed by atoms with E-state index in [2.05, 4.69) is 23.8 Å². The maximum absolute atomic E-state index is 8.35. The first kappa shape index (κ1) is 24.7. The summed E-state index contributed by atoms with van der Waals surface area (Å²) in [7, 11) is 1.87. The van der Waals surface area contributed by atoms with Gasteiger partial charge in [0.25, 0.3) is 0 Å². The van der Waals surface area contributed by atoms with Crippen molar-refractivity contribution in [1.82, 2.24) is 14.7 Å². The van der Waals surface area contributed by atoms with Crippen molar-refractivity contribution in [3.63, 3.8) is 0 Å². The van der Waals surface area contributed by atoms with Crippen molar-refractivity contribution in [2.75, 3.05) is 26.2 Å². The SMILES string of the molecule is Cc1cnn(C)c1C(=N)/C=C\C(N)=NCC1CCC2CN(CC34CC(C)CC(CC(C)C3)C4)CC12. The average Bonchev–Trinajstić information content (AvgIpc) is 3.43. The standard InChI is InChI=1S/C29H46N6/c1-19-9-22-10-20(2)12-29(11-19,13-22)18-35-16-24-6-5-23(25(24)17-35)15-32-27(31)8-7-26(30)28-21(3)14-33-34(28)4/h7-8,14,19-20,22-25,30H,5-6,9-13,15-18H2,1-4H3,(H2,31,32)/b8-7-,30-26?. The number of hydrogen-bond acceptors (Lipinski definition) is 4. The van der Waals surface area contributed by atoms with Crippen molar-refractivity contribution >= 4 is 11.5 Å². The summed E-state index contributed by atoms with van der Waals surface area (Å²) >= 11 is 0. The molecule has 5 unspecified atom stereocenters. The highest BCUT2D eigenvalue weighted by molar-refractivity contribution is 6.09. The molecule has 1 aromatic heterocycles. The highest BCUT2D eigenvalue weighted by atomic mass is 15.3. The molecule has 4 fully saturated rings. The highest BCUT2D eigenvalue weighted by Crippen LogP contribution is 2.54. The fourth-order valence-corrected chi connectivity index (χ4v) is 8.86. The molecule has 1 saturated heterocycles. The van der Waals surface area contributed by atoms with Crippen molar-refractivity contribution in [3.8, 4) is 0 Å². The van der Waals surface area contributed by atoms with E-state index in [4.69, 9.17) is 16.1 Å². The van der Waals surface area contributed by atoms with Gasteiger partial charge in [-0.1, -0.05) is 13.8 Å². The molecule has 0 spiro atoms. The Morgan fingerprint density at radius 2 is 1.91 bits per heavy atom. The Kier molecular flexibility index (Phi) is 6.95. The zero-order valence-corrected chi connectivity index (χ0v) is 22.3. The molecule has 2 bridgehead atoms. The molecule has 6 heteroatoms. The molecule has 3 N–H and O–H groups in total. The Labute approximate surface area is 211 Å². The topological polar surface area (TPSA) is 83.3 Å². The van der Waals surface area contributed by atoms with Crippen molar-refractivity contribution in [2.24, 2.45) is 58.7 Å². The van der Waals surface area contributed by atoms with Gasteiger partial charge in [0.1, 0.15) is 5.84 Å². The summed E-state index contributed by atoms with van der Waals surface area (Å²) in [5.74, 6) is 5.60. The molecule has 5 atom stereocenters. The number of nitrogens with one attached hydrogen (secondary N) is 1. The van der Waals surface area contributed by atoms with Gasteiger partial charge in [-0.2, -0.15) is 5.10 Å². The van der Waals surface area contributed by atoms with Crippen LogP contribution in [0.4, 0.5) is 0 Å². The van der Waals surface area contributed by atoms with Gasteiger partial charge in [-0.05, 0) is 111 Å². The van der Waals surface area contributed by atoms with E-state index >= 15 is 0 Å². The molecule has 192 valence electrons. The number of nitrogens with zero attached hydrogens (tertiary/aromatic N) is 4. The van der Waals surface area contributed by atoms with Gasteiger partial charge in [0.05, 0.1) is 17.6 Å². The summed E-state index contributed by atoms with van der Waals surface area (Å²) in [6.45, 7) is 11.7. The lowest BCUT2D eigenvalue weighted by Crippen LogP contribution is -2.46. The van der Waals surface area contributed by atoms with Crippen LogP contribution in [-0.4, -0.2) is 52.4 Å². The number of rotatable bonds is 7. The van der Waals surface area contributed by atoms with Crippen LogP contribution >= 0.6 is 0 Å². The lowest BCUT2D eigenvalue weighted by Gasteiger charge is -2.51. The first-order chi connectivity index (χ1) is 16.7. The second-order valence-corrected chi connectivity index (χ2v) is 12.9. The van der Waals surface area contributed by atoms with Crippen LogP contribution in [-0.2, 0) is 7.05 Å². The molecule has 35 heavy (non-hydrogen) atoms. The number of aromatic nitrogens is 2. The zero-order chi connectivity index (χ0) is 24.7. The molecule has 0 radical (unpaired) electrons. The summed E-state index contributed by atoms with van der Waals surface area (Å²) in [6, 6.07) is 0. The fourth-order valence-electron chi connectivity index (χ4n) is 8.86. The van der Waals surface area contributed by atoms with E-state index in [0.29, 0.717) is 22.9 Å². The van der Waals surface area contributed by atoms with E-state index in [0.717, 1.165) is 47.4 Å². The third kappa shape index (κ3) is 5.28. The summed E-state index contributed by atoms with van der Waals surface area (Å²) < 4.78 is 1.74. The first-order valence-corrected chi connectivity index (χ1v) is 14.0. The Balaban J connectivity index is 1.16. The van der Waals surface area contributed by atoms with Crippen LogP contribution in [0.25, 0.3) is 0 Å². The fraction of sp³-hybridized carbons (Fsp3) is 0.759. The normalized spacial score (nSPS) is 37.8. The monoisotopic (exact) mass is 478 g/mol. The molecule has 3 aliphatic carbocycles. The zero-order valence-electron chi connectivity index (χ0n) is 22.3. The van der Waals surface area contributed by atoms with Crippen molar-refractivity contribution in [1.29, 1.82) is 5.41 Å². The smallest absolute Gasteiger partial charge is 0.118 e. The summed E-state index contributed by atoms with van der Waals surface area (Å²) in [5.41, 5.74) is 9.06. The summed E-state index contributed by atoms with van der Waals surface area (Å²) in [4.78, 5) is 7.59. The molecule has 0 aromatic carbocycles. The number of nitrogens with two attached hydrogens (primary N) is 1. The number of aliphatic imine (C=N–C) groups is 1. The van der Waals surface area contributed by atoms with Gasteiger partial charge in [0.2, 0.25) is 0 Å². The van der Waals surface area contributed by atoms with E-state index in [1.165, 1.54) is 64.6 Å². The van der Waals surface area contributed by atoms with Gasteiger partial charge in [0.15, 0.2) is 0 Å². The predicted molar refractivity (Wildman–Crippen MR) is 144 cm³/mol. The lowest BCUT2D eigenvalue weighted by molar-refractivity contribution is -0.00681.